The predicted octanol–water partition coefficient (Wildman–Crippen LogP) is 4.88. The molecule has 9 heteroatoms. The molecule has 0 unspecified atom stereocenters. The Hall–Kier alpha value is -3.72. The molecule has 3 aromatic heterocycles. The van der Waals surface area contributed by atoms with Crippen LogP contribution in [0.2, 0.25) is 0 Å². The molecule has 166 valence electrons. The van der Waals surface area contributed by atoms with Gasteiger partial charge in [0.05, 0.1) is 36.2 Å². The first-order chi connectivity index (χ1) is 15.9. The van der Waals surface area contributed by atoms with Crippen LogP contribution in [-0.2, 0) is 0 Å². The van der Waals surface area contributed by atoms with Crippen molar-refractivity contribution in [2.75, 3.05) is 7.11 Å². The van der Waals surface area contributed by atoms with E-state index in [1.807, 2.05) is 62.4 Å². The zero-order chi connectivity index (χ0) is 23.1. The van der Waals surface area contributed by atoms with Crippen LogP contribution in [0.3, 0.4) is 0 Å². The molecule has 0 saturated heterocycles. The number of nitrogens with one attached hydrogen (secondary N) is 1. The van der Waals surface area contributed by atoms with E-state index in [4.69, 9.17) is 14.5 Å². The summed E-state index contributed by atoms with van der Waals surface area (Å²) < 4.78 is 13.9. The fourth-order valence-electron chi connectivity index (χ4n) is 3.62. The van der Waals surface area contributed by atoms with Crippen LogP contribution in [0, 0.1) is 0 Å². The molecule has 33 heavy (non-hydrogen) atoms. The van der Waals surface area contributed by atoms with E-state index in [9.17, 15) is 4.79 Å². The van der Waals surface area contributed by atoms with Crippen LogP contribution in [0.25, 0.3) is 39.0 Å². The van der Waals surface area contributed by atoms with Crippen LogP contribution in [0.5, 0.6) is 11.6 Å². The molecule has 0 amide bonds. The lowest BCUT2D eigenvalue weighted by Crippen LogP contribution is -2.11. The second kappa shape index (κ2) is 8.32. The molecule has 1 N–H and O–H groups in total. The minimum absolute atomic E-state index is 0.0486. The maximum absolute atomic E-state index is 12.9. The standard InChI is InChI=1S/C24H20BrN5O3/c1-13(2)33-17-8-9-20-14(10-17)11-18(24(27-20)32-3)21-28-22-19(23(31)29-21)12-26-30(22)16-6-4-15(25)5-7-16/h4-13H,1-3H3,(H,28,29,31). The highest BCUT2D eigenvalue weighted by Crippen LogP contribution is 2.31. The largest absolute Gasteiger partial charge is 0.491 e. The predicted molar refractivity (Wildman–Crippen MR) is 130 cm³/mol. The minimum atomic E-state index is -0.294. The molecule has 2 aromatic carbocycles. The lowest BCUT2D eigenvalue weighted by Gasteiger charge is -2.12. The summed E-state index contributed by atoms with van der Waals surface area (Å²) in [5, 5.41) is 5.61. The third kappa shape index (κ3) is 3.95. The number of aromatic nitrogens is 5. The fourth-order valence-corrected chi connectivity index (χ4v) is 3.89. The number of methoxy groups -OCH3 is 1. The molecular weight excluding hydrogens is 486 g/mol. The highest BCUT2D eigenvalue weighted by molar-refractivity contribution is 9.10. The number of hydrogen-bond acceptors (Lipinski definition) is 6. The summed E-state index contributed by atoms with van der Waals surface area (Å²) in [7, 11) is 1.54. The van der Waals surface area contributed by atoms with Crippen LogP contribution in [-0.4, -0.2) is 37.9 Å². The Labute approximate surface area is 197 Å². The van der Waals surface area contributed by atoms with Gasteiger partial charge in [0, 0.05) is 9.86 Å². The quantitative estimate of drug-likeness (QED) is 0.365. The molecule has 3 heterocycles. The van der Waals surface area contributed by atoms with Gasteiger partial charge in [0.2, 0.25) is 5.88 Å². The van der Waals surface area contributed by atoms with E-state index in [1.165, 1.54) is 13.3 Å². The zero-order valence-electron chi connectivity index (χ0n) is 18.2. The summed E-state index contributed by atoms with van der Waals surface area (Å²) in [4.78, 5) is 25.1. The minimum Gasteiger partial charge on any atom is -0.491 e. The Morgan fingerprint density at radius 1 is 1.06 bits per heavy atom. The summed E-state index contributed by atoms with van der Waals surface area (Å²) in [5.74, 6) is 1.44. The van der Waals surface area contributed by atoms with Crippen molar-refractivity contribution >= 4 is 37.9 Å². The van der Waals surface area contributed by atoms with Gasteiger partial charge in [-0.2, -0.15) is 5.10 Å². The number of benzene rings is 2. The van der Waals surface area contributed by atoms with Gasteiger partial charge in [-0.05, 0) is 62.4 Å². The number of rotatable bonds is 5. The molecule has 0 aliphatic rings. The highest BCUT2D eigenvalue weighted by atomic mass is 79.9. The Bertz CT molecular complexity index is 1540. The van der Waals surface area contributed by atoms with Crippen LogP contribution >= 0.6 is 15.9 Å². The van der Waals surface area contributed by atoms with Gasteiger partial charge < -0.3 is 14.5 Å². The van der Waals surface area contributed by atoms with Crippen molar-refractivity contribution < 1.29 is 9.47 Å². The smallest absolute Gasteiger partial charge is 0.262 e. The van der Waals surface area contributed by atoms with E-state index < -0.39 is 0 Å². The van der Waals surface area contributed by atoms with E-state index in [-0.39, 0.29) is 11.7 Å². The Morgan fingerprint density at radius 3 is 2.58 bits per heavy atom. The summed E-state index contributed by atoms with van der Waals surface area (Å²) in [5.41, 5.74) is 2.24. The van der Waals surface area contributed by atoms with E-state index in [0.717, 1.165) is 26.8 Å². The fraction of sp³-hybridized carbons (Fsp3) is 0.167. The van der Waals surface area contributed by atoms with Crippen molar-refractivity contribution in [3.63, 3.8) is 0 Å². The van der Waals surface area contributed by atoms with Gasteiger partial charge in [-0.1, -0.05) is 15.9 Å². The number of halogens is 1. The number of aromatic amines is 1. The lowest BCUT2D eigenvalue weighted by molar-refractivity contribution is 0.243. The number of pyridine rings is 1. The van der Waals surface area contributed by atoms with Crippen molar-refractivity contribution in [3.05, 3.63) is 69.6 Å². The van der Waals surface area contributed by atoms with Gasteiger partial charge in [-0.3, -0.25) is 4.79 Å². The molecule has 0 aliphatic heterocycles. The summed E-state index contributed by atoms with van der Waals surface area (Å²) in [6.07, 6.45) is 1.56. The molecule has 0 atom stereocenters. The molecule has 5 aromatic rings. The zero-order valence-corrected chi connectivity index (χ0v) is 19.8. The second-order valence-electron chi connectivity index (χ2n) is 7.75. The number of hydrogen-bond donors (Lipinski definition) is 1. The molecule has 0 radical (unpaired) electrons. The molecule has 8 nitrogen and oxygen atoms in total. The molecular formula is C24H20BrN5O3. The van der Waals surface area contributed by atoms with Crippen LogP contribution in [0.1, 0.15) is 13.8 Å². The van der Waals surface area contributed by atoms with E-state index in [0.29, 0.717) is 28.3 Å². The third-order valence-corrected chi connectivity index (χ3v) is 5.61. The first-order valence-electron chi connectivity index (χ1n) is 10.3. The summed E-state index contributed by atoms with van der Waals surface area (Å²) >= 11 is 3.44. The third-order valence-electron chi connectivity index (χ3n) is 5.08. The molecule has 0 spiro atoms. The van der Waals surface area contributed by atoms with Crippen molar-refractivity contribution in [1.82, 2.24) is 24.7 Å². The average molecular weight is 506 g/mol. The monoisotopic (exact) mass is 505 g/mol. The maximum Gasteiger partial charge on any atom is 0.262 e. The van der Waals surface area contributed by atoms with Gasteiger partial charge >= 0.3 is 0 Å². The van der Waals surface area contributed by atoms with E-state index in [1.54, 1.807) is 4.68 Å². The molecule has 0 aliphatic carbocycles. The summed E-state index contributed by atoms with van der Waals surface area (Å²) in [6.45, 7) is 3.95. The Kier molecular flexibility index (Phi) is 5.33. The van der Waals surface area contributed by atoms with Crippen molar-refractivity contribution in [1.29, 1.82) is 0 Å². The van der Waals surface area contributed by atoms with Gasteiger partial charge in [-0.15, -0.1) is 0 Å². The van der Waals surface area contributed by atoms with Crippen molar-refractivity contribution in [2.24, 2.45) is 0 Å². The van der Waals surface area contributed by atoms with Crippen molar-refractivity contribution in [3.8, 4) is 28.7 Å². The van der Waals surface area contributed by atoms with E-state index in [2.05, 4.69) is 31.0 Å². The number of fused-ring (bicyclic) bond motifs is 2. The maximum atomic E-state index is 12.9. The van der Waals surface area contributed by atoms with Crippen LogP contribution in [0.4, 0.5) is 0 Å². The van der Waals surface area contributed by atoms with Crippen LogP contribution < -0.4 is 15.0 Å². The highest BCUT2D eigenvalue weighted by Gasteiger charge is 2.17. The first kappa shape index (κ1) is 21.1. The molecule has 0 fully saturated rings. The SMILES string of the molecule is COc1nc2ccc(OC(C)C)cc2cc1-c1nc2c(cnn2-c2ccc(Br)cc2)c(=O)[nH]1. The number of ether oxygens (including phenoxy) is 2. The van der Waals surface area contributed by atoms with Gasteiger partial charge in [0.15, 0.2) is 5.65 Å². The molecule has 0 saturated carbocycles. The average Bonchev–Trinajstić information content (AvgIpc) is 3.23. The molecule has 5 rings (SSSR count). The molecule has 0 bridgehead atoms. The summed E-state index contributed by atoms with van der Waals surface area (Å²) in [6, 6.07) is 15.2. The Balaban J connectivity index is 1.70. The van der Waals surface area contributed by atoms with Gasteiger partial charge in [0.25, 0.3) is 5.56 Å². The van der Waals surface area contributed by atoms with Crippen LogP contribution in [0.15, 0.2) is 64.0 Å². The van der Waals surface area contributed by atoms with Gasteiger partial charge in [-0.25, -0.2) is 14.6 Å². The number of H-pyrrole nitrogens is 1. The Morgan fingerprint density at radius 2 is 1.85 bits per heavy atom. The van der Waals surface area contributed by atoms with Gasteiger partial charge in [0.1, 0.15) is 17.0 Å². The lowest BCUT2D eigenvalue weighted by atomic mass is 10.1. The normalized spacial score (nSPS) is 11.4. The number of nitrogens with zero attached hydrogens (tertiary/aromatic N) is 4. The van der Waals surface area contributed by atoms with E-state index >= 15 is 0 Å². The topological polar surface area (TPSA) is 94.9 Å². The first-order valence-corrected chi connectivity index (χ1v) is 11.1. The van der Waals surface area contributed by atoms with Crippen molar-refractivity contribution in [2.45, 2.75) is 20.0 Å². The second-order valence-corrected chi connectivity index (χ2v) is 8.67.